The summed E-state index contributed by atoms with van der Waals surface area (Å²) in [4.78, 5) is 27.7. The number of H-pyrrole nitrogens is 1. The molecule has 2 N–H and O–H groups in total. The van der Waals surface area contributed by atoms with E-state index < -0.39 is 17.4 Å². The number of carbonyl (C=O) groups excluding carboxylic acids is 1. The third-order valence-electron chi connectivity index (χ3n) is 4.38. The van der Waals surface area contributed by atoms with Crippen LogP contribution in [0.4, 0.5) is 0 Å². The predicted molar refractivity (Wildman–Crippen MR) is 97.3 cm³/mol. The van der Waals surface area contributed by atoms with Gasteiger partial charge in [-0.25, -0.2) is 0 Å². The standard InChI is InChI=1S/C19H21N3O4/c1-4-26-16(23)9-13(14-10-22(3)21-11(14)2)17-18(24)12-7-5-6-8-15(12)20-19(17)25/h5-8,10,13H,4,9H2,1-3H3,(H2,20,24,25). The van der Waals surface area contributed by atoms with Crippen LogP contribution in [0.3, 0.4) is 0 Å². The van der Waals surface area contributed by atoms with Crippen molar-refractivity contribution in [3.63, 3.8) is 0 Å². The molecule has 0 bridgehead atoms. The average Bonchev–Trinajstić information content (AvgIpc) is 2.92. The molecule has 136 valence electrons. The van der Waals surface area contributed by atoms with Gasteiger partial charge < -0.3 is 14.8 Å². The first kappa shape index (κ1) is 17.7. The van der Waals surface area contributed by atoms with Crippen LogP contribution < -0.4 is 5.56 Å². The zero-order chi connectivity index (χ0) is 18.8. The Kier molecular flexibility index (Phi) is 4.79. The van der Waals surface area contributed by atoms with Gasteiger partial charge in [-0.2, -0.15) is 5.10 Å². The molecule has 2 aromatic heterocycles. The number of hydrogen-bond donors (Lipinski definition) is 2. The summed E-state index contributed by atoms with van der Waals surface area (Å²) in [5.41, 5.74) is 1.65. The van der Waals surface area contributed by atoms with E-state index in [-0.39, 0.29) is 24.3 Å². The number of para-hydroxylation sites is 1. The summed E-state index contributed by atoms with van der Waals surface area (Å²) < 4.78 is 6.69. The van der Waals surface area contributed by atoms with Crippen LogP contribution in [0.5, 0.6) is 5.75 Å². The van der Waals surface area contributed by atoms with E-state index in [0.29, 0.717) is 22.2 Å². The largest absolute Gasteiger partial charge is 0.507 e. The fourth-order valence-corrected chi connectivity index (χ4v) is 3.28. The van der Waals surface area contributed by atoms with E-state index in [1.165, 1.54) is 0 Å². The number of nitrogens with one attached hydrogen (secondary N) is 1. The molecule has 2 heterocycles. The minimum absolute atomic E-state index is 0.0602. The molecule has 0 aliphatic rings. The molecule has 1 atom stereocenters. The van der Waals surface area contributed by atoms with Crippen LogP contribution in [0, 0.1) is 6.92 Å². The monoisotopic (exact) mass is 355 g/mol. The Morgan fingerprint density at radius 2 is 2.12 bits per heavy atom. The van der Waals surface area contributed by atoms with Gasteiger partial charge in [0.25, 0.3) is 5.56 Å². The number of nitrogens with zero attached hydrogens (tertiary/aromatic N) is 2. The zero-order valence-corrected chi connectivity index (χ0v) is 14.9. The summed E-state index contributed by atoms with van der Waals surface area (Å²) >= 11 is 0. The second kappa shape index (κ2) is 7.03. The lowest BCUT2D eigenvalue weighted by molar-refractivity contribution is -0.143. The number of esters is 1. The minimum Gasteiger partial charge on any atom is -0.507 e. The lowest BCUT2D eigenvalue weighted by Crippen LogP contribution is -2.21. The molecule has 1 aromatic carbocycles. The summed E-state index contributed by atoms with van der Waals surface area (Å²) in [5.74, 6) is -1.22. The number of hydrogen-bond acceptors (Lipinski definition) is 5. The number of aryl methyl sites for hydroxylation is 2. The van der Waals surface area contributed by atoms with Gasteiger partial charge in [0.05, 0.1) is 29.8 Å². The first-order chi connectivity index (χ1) is 12.4. The zero-order valence-electron chi connectivity index (χ0n) is 14.9. The lowest BCUT2D eigenvalue weighted by atomic mass is 9.88. The van der Waals surface area contributed by atoms with Gasteiger partial charge in [0.1, 0.15) is 5.75 Å². The van der Waals surface area contributed by atoms with Crippen LogP contribution in [0.1, 0.15) is 36.1 Å². The third-order valence-corrected chi connectivity index (χ3v) is 4.38. The number of aromatic hydroxyl groups is 1. The van der Waals surface area contributed by atoms with E-state index in [4.69, 9.17) is 4.74 Å². The van der Waals surface area contributed by atoms with E-state index in [9.17, 15) is 14.7 Å². The number of rotatable bonds is 5. The van der Waals surface area contributed by atoms with Gasteiger partial charge >= 0.3 is 5.97 Å². The second-order valence-electron chi connectivity index (χ2n) is 6.17. The third kappa shape index (κ3) is 3.20. The normalized spacial score (nSPS) is 12.3. The van der Waals surface area contributed by atoms with E-state index in [2.05, 4.69) is 10.1 Å². The smallest absolute Gasteiger partial charge is 0.306 e. The highest BCUT2D eigenvalue weighted by molar-refractivity contribution is 5.86. The Hall–Kier alpha value is -3.09. The molecule has 1 unspecified atom stereocenters. The SMILES string of the molecule is CCOC(=O)CC(c1cn(C)nc1C)c1c(O)c2ccccc2[nH]c1=O. The molecular weight excluding hydrogens is 334 g/mol. The second-order valence-corrected chi connectivity index (χ2v) is 6.17. The first-order valence-corrected chi connectivity index (χ1v) is 8.42. The van der Waals surface area contributed by atoms with E-state index in [1.807, 2.05) is 0 Å². The maximum Gasteiger partial charge on any atom is 0.306 e. The van der Waals surface area contributed by atoms with Gasteiger partial charge in [0, 0.05) is 30.1 Å². The molecule has 3 aromatic rings. The Morgan fingerprint density at radius 3 is 2.77 bits per heavy atom. The molecule has 26 heavy (non-hydrogen) atoms. The van der Waals surface area contributed by atoms with Crippen LogP contribution in [-0.4, -0.2) is 32.4 Å². The average molecular weight is 355 g/mol. The van der Waals surface area contributed by atoms with Crippen LogP contribution in [0.25, 0.3) is 10.9 Å². The van der Waals surface area contributed by atoms with Gasteiger partial charge in [-0.3, -0.25) is 14.3 Å². The summed E-state index contributed by atoms with van der Waals surface area (Å²) in [6.07, 6.45) is 1.70. The van der Waals surface area contributed by atoms with Crippen molar-refractivity contribution in [2.75, 3.05) is 6.61 Å². The van der Waals surface area contributed by atoms with Crippen molar-refractivity contribution < 1.29 is 14.6 Å². The summed E-state index contributed by atoms with van der Waals surface area (Å²) in [7, 11) is 1.77. The summed E-state index contributed by atoms with van der Waals surface area (Å²) in [6, 6.07) is 7.00. The molecule has 7 nitrogen and oxygen atoms in total. The number of benzene rings is 1. The maximum atomic E-state index is 12.7. The fourth-order valence-electron chi connectivity index (χ4n) is 3.28. The highest BCUT2D eigenvalue weighted by Crippen LogP contribution is 2.36. The van der Waals surface area contributed by atoms with Crippen molar-refractivity contribution in [1.29, 1.82) is 0 Å². The van der Waals surface area contributed by atoms with Gasteiger partial charge in [-0.1, -0.05) is 12.1 Å². The van der Waals surface area contributed by atoms with E-state index in [1.54, 1.807) is 56.0 Å². The molecule has 0 amide bonds. The lowest BCUT2D eigenvalue weighted by Gasteiger charge is -2.17. The molecule has 0 radical (unpaired) electrons. The summed E-state index contributed by atoms with van der Waals surface area (Å²) in [5, 5.41) is 15.6. The highest BCUT2D eigenvalue weighted by atomic mass is 16.5. The highest BCUT2D eigenvalue weighted by Gasteiger charge is 2.28. The number of pyridine rings is 1. The molecular formula is C19H21N3O4. The van der Waals surface area contributed by atoms with Gasteiger partial charge in [0.2, 0.25) is 0 Å². The molecule has 0 aliphatic carbocycles. The van der Waals surface area contributed by atoms with Crippen molar-refractivity contribution in [1.82, 2.24) is 14.8 Å². The molecule has 0 saturated heterocycles. The summed E-state index contributed by atoms with van der Waals surface area (Å²) in [6.45, 7) is 3.78. The van der Waals surface area contributed by atoms with Crippen molar-refractivity contribution in [2.45, 2.75) is 26.2 Å². The number of aromatic amines is 1. The van der Waals surface area contributed by atoms with Gasteiger partial charge in [-0.05, 0) is 26.0 Å². The Balaban J connectivity index is 2.21. The molecule has 0 fully saturated rings. The van der Waals surface area contributed by atoms with E-state index in [0.717, 1.165) is 0 Å². The van der Waals surface area contributed by atoms with Crippen molar-refractivity contribution >= 4 is 16.9 Å². The van der Waals surface area contributed by atoms with E-state index >= 15 is 0 Å². The number of carbonyl (C=O) groups is 1. The molecule has 0 saturated carbocycles. The molecule has 0 spiro atoms. The Labute approximate surface area is 150 Å². The molecule has 0 aliphatic heterocycles. The fraction of sp³-hybridized carbons (Fsp3) is 0.316. The van der Waals surface area contributed by atoms with Crippen molar-refractivity contribution in [2.24, 2.45) is 7.05 Å². The van der Waals surface area contributed by atoms with Crippen LogP contribution in [0.15, 0.2) is 35.3 Å². The van der Waals surface area contributed by atoms with Crippen LogP contribution in [-0.2, 0) is 16.6 Å². The Morgan fingerprint density at radius 1 is 1.38 bits per heavy atom. The van der Waals surface area contributed by atoms with Gasteiger partial charge in [0.15, 0.2) is 0 Å². The molecule has 3 rings (SSSR count). The maximum absolute atomic E-state index is 12.7. The first-order valence-electron chi connectivity index (χ1n) is 8.42. The predicted octanol–water partition coefficient (Wildman–Crippen LogP) is 2.36. The van der Waals surface area contributed by atoms with Crippen molar-refractivity contribution in [3.8, 4) is 5.75 Å². The van der Waals surface area contributed by atoms with Crippen molar-refractivity contribution in [3.05, 3.63) is 57.6 Å². The Bertz CT molecular complexity index is 1020. The minimum atomic E-state index is -0.656. The van der Waals surface area contributed by atoms with Gasteiger partial charge in [-0.15, -0.1) is 0 Å². The van der Waals surface area contributed by atoms with Crippen LogP contribution >= 0.6 is 0 Å². The topological polar surface area (TPSA) is 97.2 Å². The number of fused-ring (bicyclic) bond motifs is 1. The quantitative estimate of drug-likeness (QED) is 0.685. The number of ether oxygens (including phenoxy) is 1. The number of aromatic nitrogens is 3. The molecule has 7 heteroatoms. The van der Waals surface area contributed by atoms with Crippen LogP contribution in [0.2, 0.25) is 0 Å².